The van der Waals surface area contributed by atoms with Crippen molar-refractivity contribution in [1.29, 1.82) is 0 Å². The van der Waals surface area contributed by atoms with Gasteiger partial charge in [-0.05, 0) is 60.9 Å². The normalized spacial score (nSPS) is 18.8. The van der Waals surface area contributed by atoms with Crippen molar-refractivity contribution < 1.29 is 9.53 Å². The van der Waals surface area contributed by atoms with Gasteiger partial charge in [0.2, 0.25) is 0 Å². The van der Waals surface area contributed by atoms with Gasteiger partial charge in [0.1, 0.15) is 0 Å². The third kappa shape index (κ3) is 4.48. The zero-order chi connectivity index (χ0) is 22.0. The van der Waals surface area contributed by atoms with Crippen molar-refractivity contribution in [3.05, 3.63) is 110 Å². The Morgan fingerprint density at radius 3 is 1.97 bits per heavy atom. The number of benzene rings is 3. The van der Waals surface area contributed by atoms with E-state index >= 15 is 0 Å². The summed E-state index contributed by atoms with van der Waals surface area (Å²) in [7, 11) is 1.45. The highest BCUT2D eigenvalue weighted by atomic mass is 79.9. The van der Waals surface area contributed by atoms with Gasteiger partial charge in [-0.3, -0.25) is 0 Å². The number of esters is 1. The molecule has 0 bridgehead atoms. The van der Waals surface area contributed by atoms with Crippen LogP contribution in [0.15, 0.2) is 99.0 Å². The lowest BCUT2D eigenvalue weighted by atomic mass is 9.82. The second-order valence-electron chi connectivity index (χ2n) is 7.65. The maximum atomic E-state index is 13.0. The first kappa shape index (κ1) is 21.8. The van der Waals surface area contributed by atoms with Crippen LogP contribution in [0, 0.1) is 0 Å². The lowest BCUT2D eigenvalue weighted by molar-refractivity contribution is -0.136. The van der Waals surface area contributed by atoms with Crippen molar-refractivity contribution in [3.8, 4) is 0 Å². The molecule has 3 nitrogen and oxygen atoms in total. The van der Waals surface area contributed by atoms with Gasteiger partial charge in [-0.2, -0.15) is 0 Å². The van der Waals surface area contributed by atoms with E-state index in [-0.39, 0.29) is 18.1 Å². The van der Waals surface area contributed by atoms with E-state index in [1.165, 1.54) is 12.7 Å². The molecule has 0 radical (unpaired) electrons. The van der Waals surface area contributed by atoms with Gasteiger partial charge < -0.3 is 9.64 Å². The van der Waals surface area contributed by atoms with Crippen LogP contribution in [0.4, 0.5) is 5.69 Å². The SMILES string of the molecule is COC(=O)C1=C(C)C[C@@H](c2ccc(Br)cc2)N(c2ccccc2)[C@@H]1c1ccc(Br)cc1. The zero-order valence-corrected chi connectivity index (χ0v) is 20.6. The molecule has 0 aliphatic carbocycles. The summed E-state index contributed by atoms with van der Waals surface area (Å²) >= 11 is 7.08. The molecule has 3 aromatic carbocycles. The number of hydrogen-bond acceptors (Lipinski definition) is 3. The maximum Gasteiger partial charge on any atom is 0.336 e. The van der Waals surface area contributed by atoms with Gasteiger partial charge in [0.15, 0.2) is 0 Å². The van der Waals surface area contributed by atoms with Crippen molar-refractivity contribution in [2.45, 2.75) is 25.4 Å². The summed E-state index contributed by atoms with van der Waals surface area (Å²) < 4.78 is 7.29. The molecule has 0 spiro atoms. The van der Waals surface area contributed by atoms with Gasteiger partial charge in [0, 0.05) is 14.6 Å². The fourth-order valence-electron chi connectivity index (χ4n) is 4.31. The summed E-state index contributed by atoms with van der Waals surface area (Å²) in [6.07, 6.45) is 0.744. The van der Waals surface area contributed by atoms with Crippen molar-refractivity contribution >= 4 is 43.5 Å². The second-order valence-corrected chi connectivity index (χ2v) is 9.49. The summed E-state index contributed by atoms with van der Waals surface area (Å²) in [4.78, 5) is 15.3. The Bertz CT molecular complexity index is 1090. The monoisotopic (exact) mass is 539 g/mol. The van der Waals surface area contributed by atoms with Gasteiger partial charge >= 0.3 is 5.97 Å². The van der Waals surface area contributed by atoms with Crippen molar-refractivity contribution in [1.82, 2.24) is 0 Å². The molecule has 0 aromatic heterocycles. The largest absolute Gasteiger partial charge is 0.466 e. The van der Waals surface area contributed by atoms with Crippen molar-refractivity contribution in [2.75, 3.05) is 12.0 Å². The zero-order valence-electron chi connectivity index (χ0n) is 17.4. The van der Waals surface area contributed by atoms with Gasteiger partial charge in [-0.1, -0.05) is 79.9 Å². The van der Waals surface area contributed by atoms with Crippen LogP contribution in [0.2, 0.25) is 0 Å². The Kier molecular flexibility index (Phi) is 6.63. The first-order valence-electron chi connectivity index (χ1n) is 10.1. The molecule has 1 aliphatic heterocycles. The third-order valence-electron chi connectivity index (χ3n) is 5.75. The number of carbonyl (C=O) groups is 1. The van der Waals surface area contributed by atoms with Crippen LogP contribution < -0.4 is 4.90 Å². The average Bonchev–Trinajstić information content (AvgIpc) is 2.79. The highest BCUT2D eigenvalue weighted by Crippen LogP contribution is 2.47. The van der Waals surface area contributed by atoms with E-state index in [1.807, 2.05) is 37.3 Å². The van der Waals surface area contributed by atoms with Crippen LogP contribution in [0.25, 0.3) is 0 Å². The van der Waals surface area contributed by atoms with Crippen LogP contribution in [0.5, 0.6) is 0 Å². The van der Waals surface area contributed by atoms with Crippen molar-refractivity contribution in [2.24, 2.45) is 0 Å². The van der Waals surface area contributed by atoms with Crippen LogP contribution in [-0.2, 0) is 9.53 Å². The maximum absolute atomic E-state index is 13.0. The summed E-state index contributed by atoms with van der Waals surface area (Å²) in [6.45, 7) is 2.05. The fraction of sp³-hybridized carbons (Fsp3) is 0.192. The van der Waals surface area contributed by atoms with Crippen LogP contribution >= 0.6 is 31.9 Å². The highest BCUT2D eigenvalue weighted by molar-refractivity contribution is 9.10. The van der Waals surface area contributed by atoms with E-state index in [0.717, 1.165) is 32.2 Å². The molecule has 0 saturated carbocycles. The number of para-hydroxylation sites is 1. The number of carbonyl (C=O) groups excluding carboxylic acids is 1. The smallest absolute Gasteiger partial charge is 0.336 e. The predicted molar refractivity (Wildman–Crippen MR) is 132 cm³/mol. The van der Waals surface area contributed by atoms with E-state index in [9.17, 15) is 4.79 Å². The number of ether oxygens (including phenoxy) is 1. The minimum Gasteiger partial charge on any atom is -0.466 e. The van der Waals surface area contributed by atoms with Gasteiger partial charge in [0.05, 0.1) is 24.8 Å². The first-order chi connectivity index (χ1) is 15.0. The van der Waals surface area contributed by atoms with E-state index in [0.29, 0.717) is 5.57 Å². The molecule has 0 saturated heterocycles. The van der Waals surface area contributed by atoms with Gasteiger partial charge in [0.25, 0.3) is 0 Å². The quantitative estimate of drug-likeness (QED) is 0.323. The Morgan fingerprint density at radius 1 is 0.871 bits per heavy atom. The summed E-state index contributed by atoms with van der Waals surface area (Å²) in [6, 6.07) is 26.8. The van der Waals surface area contributed by atoms with E-state index in [1.54, 1.807) is 0 Å². The first-order valence-corrected chi connectivity index (χ1v) is 11.7. The standard InChI is InChI=1S/C26H23Br2NO2/c1-17-16-23(18-8-12-20(27)13-9-18)29(22-6-4-3-5-7-22)25(24(17)26(30)31-2)19-10-14-21(28)15-11-19/h3-15,23,25H,16H2,1-2H3/t23-,25+/m0/s1. The molecule has 0 fully saturated rings. The Morgan fingerprint density at radius 2 is 1.42 bits per heavy atom. The summed E-state index contributed by atoms with van der Waals surface area (Å²) in [5, 5.41) is 0. The highest BCUT2D eigenvalue weighted by Gasteiger charge is 2.40. The fourth-order valence-corrected chi connectivity index (χ4v) is 4.84. The number of nitrogens with zero attached hydrogens (tertiary/aromatic N) is 1. The molecule has 5 heteroatoms. The van der Waals surface area contributed by atoms with Crippen LogP contribution in [-0.4, -0.2) is 13.1 Å². The average molecular weight is 541 g/mol. The number of halogens is 2. The molecule has 0 amide bonds. The third-order valence-corrected chi connectivity index (χ3v) is 6.80. The molecule has 0 unspecified atom stereocenters. The van der Waals surface area contributed by atoms with E-state index in [2.05, 4.69) is 85.3 Å². The minimum atomic E-state index is -0.277. The predicted octanol–water partition coefficient (Wildman–Crippen LogP) is 7.39. The Hall–Kier alpha value is -2.37. The number of anilines is 1. The van der Waals surface area contributed by atoms with E-state index < -0.39 is 0 Å². The minimum absolute atomic E-state index is 0.0811. The van der Waals surface area contributed by atoms with Gasteiger partial charge in [-0.15, -0.1) is 0 Å². The second kappa shape index (κ2) is 9.41. The van der Waals surface area contributed by atoms with Crippen molar-refractivity contribution in [3.63, 3.8) is 0 Å². The van der Waals surface area contributed by atoms with Crippen LogP contribution in [0.3, 0.4) is 0 Å². The molecular weight excluding hydrogens is 518 g/mol. The Labute approximate surface area is 200 Å². The van der Waals surface area contributed by atoms with Gasteiger partial charge in [-0.25, -0.2) is 4.79 Å². The summed E-state index contributed by atoms with van der Waals surface area (Å²) in [5.41, 5.74) is 5.09. The lowest BCUT2D eigenvalue weighted by Crippen LogP contribution is -2.40. The summed E-state index contributed by atoms with van der Waals surface area (Å²) in [5.74, 6) is -0.277. The molecule has 0 N–H and O–H groups in total. The number of rotatable bonds is 4. The molecule has 1 heterocycles. The molecule has 1 aliphatic rings. The Balaban J connectivity index is 1.95. The van der Waals surface area contributed by atoms with E-state index in [4.69, 9.17) is 4.74 Å². The molecular formula is C26H23Br2NO2. The number of methoxy groups -OCH3 is 1. The lowest BCUT2D eigenvalue weighted by Gasteiger charge is -2.45. The topological polar surface area (TPSA) is 29.5 Å². The molecule has 158 valence electrons. The molecule has 3 aromatic rings. The molecule has 31 heavy (non-hydrogen) atoms. The molecule has 2 atom stereocenters. The molecule has 4 rings (SSSR count). The van der Waals surface area contributed by atoms with Crippen LogP contribution in [0.1, 0.15) is 36.6 Å². The number of hydrogen-bond donors (Lipinski definition) is 0.